The molecule has 5 N–H and O–H groups in total. The first-order valence-corrected chi connectivity index (χ1v) is 15.7. The van der Waals surface area contributed by atoms with Crippen molar-refractivity contribution in [2.75, 3.05) is 43.1 Å². The predicted octanol–water partition coefficient (Wildman–Crippen LogP) is 3.34. The van der Waals surface area contributed by atoms with Crippen molar-refractivity contribution in [2.24, 2.45) is 17.6 Å². The molecule has 12 nitrogen and oxygen atoms in total. The molecule has 1 saturated heterocycles. The number of aromatic nitrogens is 5. The number of aromatic amines is 1. The van der Waals surface area contributed by atoms with Gasteiger partial charge in [0.2, 0.25) is 17.6 Å². The summed E-state index contributed by atoms with van der Waals surface area (Å²) in [6.07, 6.45) is 4.99. The molecule has 4 aromatic rings. The minimum absolute atomic E-state index is 0.113. The van der Waals surface area contributed by atoms with Gasteiger partial charge in [-0.25, -0.2) is 9.37 Å². The first-order valence-electron chi connectivity index (χ1n) is 15.7. The number of nitrogens with one attached hydrogen (secondary N) is 3. The smallest absolute Gasteiger partial charge is 0.247 e. The Morgan fingerprint density at radius 3 is 2.43 bits per heavy atom. The Balaban J connectivity index is 1.16. The quantitative estimate of drug-likeness (QED) is 0.206. The first kappa shape index (κ1) is 31.2. The summed E-state index contributed by atoms with van der Waals surface area (Å²) in [5.74, 6) is 0.484. The van der Waals surface area contributed by atoms with Gasteiger partial charge in [0.05, 0.1) is 13.2 Å². The van der Waals surface area contributed by atoms with E-state index in [1.807, 2.05) is 12.1 Å². The van der Waals surface area contributed by atoms with Gasteiger partial charge in [0.25, 0.3) is 0 Å². The van der Waals surface area contributed by atoms with Gasteiger partial charge in [0.15, 0.2) is 0 Å². The van der Waals surface area contributed by atoms with E-state index in [0.29, 0.717) is 53.9 Å². The van der Waals surface area contributed by atoms with E-state index in [0.717, 1.165) is 50.2 Å². The van der Waals surface area contributed by atoms with Gasteiger partial charge in [-0.05, 0) is 91.4 Å². The van der Waals surface area contributed by atoms with E-state index in [1.165, 1.54) is 6.07 Å². The molecule has 2 amide bonds. The number of rotatable bonds is 10. The van der Waals surface area contributed by atoms with Crippen LogP contribution in [0.1, 0.15) is 31.2 Å². The Morgan fingerprint density at radius 2 is 1.78 bits per heavy atom. The van der Waals surface area contributed by atoms with Gasteiger partial charge >= 0.3 is 0 Å². The van der Waals surface area contributed by atoms with E-state index in [-0.39, 0.29) is 18.2 Å². The highest BCUT2D eigenvalue weighted by Crippen LogP contribution is 2.29. The Labute approximate surface area is 266 Å². The number of carbonyl (C=O) groups is 2. The summed E-state index contributed by atoms with van der Waals surface area (Å²) in [5, 5.41) is 19.8. The minimum atomic E-state index is -0.920. The lowest BCUT2D eigenvalue weighted by Gasteiger charge is -2.28. The molecule has 1 aliphatic heterocycles. The molecule has 3 heterocycles. The molecular weight excluding hydrogens is 589 g/mol. The third-order valence-electron chi connectivity index (χ3n) is 8.81. The van der Waals surface area contributed by atoms with Crippen molar-refractivity contribution in [3.8, 4) is 22.5 Å². The monoisotopic (exact) mass is 627 g/mol. The van der Waals surface area contributed by atoms with Gasteiger partial charge in [-0.3, -0.25) is 9.59 Å². The van der Waals surface area contributed by atoms with Gasteiger partial charge in [-0.2, -0.15) is 5.21 Å². The molecule has 46 heavy (non-hydrogen) atoms. The second-order valence-electron chi connectivity index (χ2n) is 11.8. The third kappa shape index (κ3) is 7.54. The lowest BCUT2D eigenvalue weighted by molar-refractivity contribution is -0.130. The van der Waals surface area contributed by atoms with Crippen LogP contribution in [0.25, 0.3) is 22.5 Å². The summed E-state index contributed by atoms with van der Waals surface area (Å²) in [7, 11) is 0. The lowest BCUT2D eigenvalue weighted by Crippen LogP contribution is -2.48. The van der Waals surface area contributed by atoms with Crippen molar-refractivity contribution in [3.05, 3.63) is 72.2 Å². The van der Waals surface area contributed by atoms with Crippen LogP contribution >= 0.6 is 0 Å². The average molecular weight is 628 g/mol. The van der Waals surface area contributed by atoms with Crippen LogP contribution in [-0.4, -0.2) is 76.3 Å². The first-order chi connectivity index (χ1) is 22.5. The maximum atomic E-state index is 15.5. The number of anilines is 2. The van der Waals surface area contributed by atoms with Crippen LogP contribution in [0.15, 0.2) is 60.8 Å². The van der Waals surface area contributed by atoms with Crippen LogP contribution in [0.3, 0.4) is 0 Å². The number of carbonyl (C=O) groups excluding carboxylic acids is 2. The number of nitrogens with zero attached hydrogens (tertiary/aromatic N) is 5. The summed E-state index contributed by atoms with van der Waals surface area (Å²) >= 11 is 0. The third-order valence-corrected chi connectivity index (χ3v) is 8.81. The molecule has 1 saturated carbocycles. The van der Waals surface area contributed by atoms with E-state index in [9.17, 15) is 9.59 Å². The molecule has 13 heteroatoms. The number of benzene rings is 2. The number of hydrogen-bond acceptors (Lipinski definition) is 9. The lowest BCUT2D eigenvalue weighted by atomic mass is 9.81. The average Bonchev–Trinajstić information content (AvgIpc) is 3.64. The Morgan fingerprint density at radius 1 is 1.02 bits per heavy atom. The fourth-order valence-electron chi connectivity index (χ4n) is 6.06. The standard InChI is InChI=1S/C33H38FN9O3/c34-28-17-22(3-11-27(28)25-8-12-30(36-20-25)43-13-15-46-16-14-43)18-29(38-32(44)24-4-1-21(19-35)2-5-24)33(45)37-26-9-6-23(7-10-26)31-39-41-42-40-31/h3,6-12,17,20-21,24,29H,1-2,4-5,13-16,18-19,35H2,(H,37,45)(H,38,44)(H,39,40,41,42). The largest absolute Gasteiger partial charge is 0.378 e. The molecule has 0 spiro atoms. The number of H-pyrrole nitrogens is 1. The predicted molar refractivity (Wildman–Crippen MR) is 171 cm³/mol. The van der Waals surface area contributed by atoms with Crippen LogP contribution in [0, 0.1) is 17.7 Å². The van der Waals surface area contributed by atoms with Crippen LogP contribution in [-0.2, 0) is 20.7 Å². The van der Waals surface area contributed by atoms with E-state index >= 15 is 4.39 Å². The van der Waals surface area contributed by atoms with Crippen LogP contribution in [0.2, 0.25) is 0 Å². The van der Waals surface area contributed by atoms with E-state index in [2.05, 4.69) is 41.1 Å². The van der Waals surface area contributed by atoms with Gasteiger partial charge in [0.1, 0.15) is 17.7 Å². The molecule has 1 aliphatic carbocycles. The fraction of sp³-hybridized carbons (Fsp3) is 0.394. The maximum Gasteiger partial charge on any atom is 0.247 e. The van der Waals surface area contributed by atoms with Crippen molar-refractivity contribution in [1.29, 1.82) is 0 Å². The van der Waals surface area contributed by atoms with Crippen molar-refractivity contribution in [3.63, 3.8) is 0 Å². The van der Waals surface area contributed by atoms with Gasteiger partial charge < -0.3 is 26.0 Å². The molecule has 2 aliphatic rings. The number of tetrazole rings is 1. The highest BCUT2D eigenvalue weighted by Gasteiger charge is 2.29. The SMILES string of the molecule is NCC1CCC(C(=O)NC(Cc2ccc(-c3ccc(N4CCOCC4)nc3)c(F)c2)C(=O)Nc2ccc(-c3nn[nH]n3)cc2)CC1. The number of ether oxygens (including phenoxy) is 1. The molecular formula is C33H38FN9O3. The summed E-state index contributed by atoms with van der Waals surface area (Å²) in [6.45, 7) is 3.45. The second kappa shape index (κ2) is 14.6. The molecule has 0 bridgehead atoms. The topological polar surface area (TPSA) is 164 Å². The van der Waals surface area contributed by atoms with Gasteiger partial charge in [0, 0.05) is 54.0 Å². The summed E-state index contributed by atoms with van der Waals surface area (Å²) in [4.78, 5) is 33.6. The zero-order chi connectivity index (χ0) is 31.9. The molecule has 2 aromatic carbocycles. The minimum Gasteiger partial charge on any atom is -0.378 e. The zero-order valence-electron chi connectivity index (χ0n) is 25.5. The highest BCUT2D eigenvalue weighted by atomic mass is 19.1. The zero-order valence-corrected chi connectivity index (χ0v) is 25.5. The number of morpholine rings is 1. The molecule has 2 aromatic heterocycles. The van der Waals surface area contributed by atoms with E-state index in [1.54, 1.807) is 42.6 Å². The van der Waals surface area contributed by atoms with Crippen molar-refractivity contribution < 1.29 is 18.7 Å². The molecule has 0 radical (unpaired) electrons. The van der Waals surface area contributed by atoms with Crippen molar-refractivity contribution in [1.82, 2.24) is 30.9 Å². The highest BCUT2D eigenvalue weighted by molar-refractivity contribution is 5.97. The molecule has 1 unspecified atom stereocenters. The Kier molecular flexibility index (Phi) is 9.89. The number of nitrogens with two attached hydrogens (primary N) is 1. The van der Waals surface area contributed by atoms with Crippen molar-refractivity contribution in [2.45, 2.75) is 38.1 Å². The fourth-order valence-corrected chi connectivity index (χ4v) is 6.06. The number of amides is 2. The molecule has 2 fully saturated rings. The maximum absolute atomic E-state index is 15.5. The Bertz CT molecular complexity index is 1600. The van der Waals surface area contributed by atoms with E-state index in [4.69, 9.17) is 10.5 Å². The van der Waals surface area contributed by atoms with Crippen LogP contribution in [0.4, 0.5) is 15.9 Å². The molecule has 6 rings (SSSR count). The van der Waals surface area contributed by atoms with Gasteiger partial charge in [-0.15, -0.1) is 10.2 Å². The number of pyridine rings is 1. The van der Waals surface area contributed by atoms with Crippen molar-refractivity contribution >= 4 is 23.3 Å². The summed E-state index contributed by atoms with van der Waals surface area (Å²) in [6, 6.07) is 14.7. The van der Waals surface area contributed by atoms with Gasteiger partial charge in [-0.1, -0.05) is 12.1 Å². The molecule has 1 atom stereocenters. The van der Waals surface area contributed by atoms with Crippen LogP contribution < -0.4 is 21.3 Å². The second-order valence-corrected chi connectivity index (χ2v) is 11.8. The molecule has 240 valence electrons. The summed E-state index contributed by atoms with van der Waals surface area (Å²) in [5.41, 5.74) is 8.74. The van der Waals surface area contributed by atoms with E-state index < -0.39 is 17.8 Å². The van der Waals surface area contributed by atoms with Crippen LogP contribution in [0.5, 0.6) is 0 Å². The summed E-state index contributed by atoms with van der Waals surface area (Å²) < 4.78 is 20.9. The Hall–Kier alpha value is -4.75. The normalized spacial score (nSPS) is 19.0. The number of hydrogen-bond donors (Lipinski definition) is 4. The number of halogens is 1.